The van der Waals surface area contributed by atoms with E-state index >= 15 is 0 Å². The molecule has 2 rings (SSSR count). The van der Waals surface area contributed by atoms with Crippen LogP contribution in [0.15, 0.2) is 18.3 Å². The lowest BCUT2D eigenvalue weighted by Gasteiger charge is -2.38. The zero-order valence-electron chi connectivity index (χ0n) is 11.5. The van der Waals surface area contributed by atoms with Gasteiger partial charge in [-0.2, -0.15) is 0 Å². The van der Waals surface area contributed by atoms with Crippen LogP contribution in [0, 0.1) is 0 Å². The summed E-state index contributed by atoms with van der Waals surface area (Å²) in [4.78, 5) is 6.74. The molecule has 4 nitrogen and oxygen atoms in total. The number of rotatable bonds is 4. The van der Waals surface area contributed by atoms with E-state index in [4.69, 9.17) is 4.74 Å². The van der Waals surface area contributed by atoms with Crippen molar-refractivity contribution in [3.05, 3.63) is 18.3 Å². The van der Waals surface area contributed by atoms with Crippen LogP contribution < -0.4 is 10.2 Å². The average molecular weight is 249 g/mol. The standard InChI is InChI=1S/C14H23N3O/c1-4-6-15-14-8-13(5-7-16-14)17-9-12(3)18-10-11(17)2/h5,7-8,11-12H,4,6,9-10H2,1-3H3,(H,15,16). The minimum atomic E-state index is 0.293. The first-order valence-electron chi connectivity index (χ1n) is 6.79. The van der Waals surface area contributed by atoms with Gasteiger partial charge in [-0.15, -0.1) is 0 Å². The predicted octanol–water partition coefficient (Wildman–Crippen LogP) is 2.52. The smallest absolute Gasteiger partial charge is 0.127 e. The Morgan fingerprint density at radius 2 is 2.33 bits per heavy atom. The molecule has 2 unspecified atom stereocenters. The first-order valence-corrected chi connectivity index (χ1v) is 6.79. The molecule has 1 aliphatic rings. The van der Waals surface area contributed by atoms with Gasteiger partial charge in [0.15, 0.2) is 0 Å². The molecule has 100 valence electrons. The van der Waals surface area contributed by atoms with Crippen molar-refractivity contribution >= 4 is 11.5 Å². The largest absolute Gasteiger partial charge is 0.375 e. The Hall–Kier alpha value is -1.29. The molecule has 4 heteroatoms. The number of hydrogen-bond donors (Lipinski definition) is 1. The molecule has 2 heterocycles. The molecule has 1 aromatic rings. The zero-order valence-corrected chi connectivity index (χ0v) is 11.5. The van der Waals surface area contributed by atoms with Gasteiger partial charge in [-0.1, -0.05) is 6.92 Å². The van der Waals surface area contributed by atoms with E-state index in [1.54, 1.807) is 0 Å². The van der Waals surface area contributed by atoms with Gasteiger partial charge in [0.25, 0.3) is 0 Å². The molecule has 1 fully saturated rings. The van der Waals surface area contributed by atoms with Gasteiger partial charge in [0.1, 0.15) is 5.82 Å². The summed E-state index contributed by atoms with van der Waals surface area (Å²) in [5.41, 5.74) is 1.23. The van der Waals surface area contributed by atoms with Crippen molar-refractivity contribution in [1.29, 1.82) is 0 Å². The SMILES string of the molecule is CCCNc1cc(N2CC(C)OCC2C)ccn1. The lowest BCUT2D eigenvalue weighted by molar-refractivity contribution is 0.0344. The summed E-state index contributed by atoms with van der Waals surface area (Å²) < 4.78 is 5.66. The van der Waals surface area contributed by atoms with Crippen LogP contribution in [-0.4, -0.2) is 36.8 Å². The molecule has 0 bridgehead atoms. The molecule has 0 aliphatic carbocycles. The van der Waals surface area contributed by atoms with Crippen molar-refractivity contribution in [2.75, 3.05) is 29.9 Å². The molecule has 2 atom stereocenters. The Kier molecular flexibility index (Phi) is 4.42. The molecule has 0 saturated carbocycles. The molecule has 1 aromatic heterocycles. The lowest BCUT2D eigenvalue weighted by atomic mass is 10.2. The van der Waals surface area contributed by atoms with Gasteiger partial charge in [0, 0.05) is 37.1 Å². The molecular formula is C14H23N3O. The number of ether oxygens (including phenoxy) is 1. The van der Waals surface area contributed by atoms with Crippen LogP contribution in [0.1, 0.15) is 27.2 Å². The molecule has 1 N–H and O–H groups in total. The highest BCUT2D eigenvalue weighted by molar-refractivity contribution is 5.54. The monoisotopic (exact) mass is 249 g/mol. The summed E-state index contributed by atoms with van der Waals surface area (Å²) in [6.07, 6.45) is 3.28. The highest BCUT2D eigenvalue weighted by Gasteiger charge is 2.23. The molecule has 0 aromatic carbocycles. The second-order valence-electron chi connectivity index (χ2n) is 4.97. The van der Waals surface area contributed by atoms with Crippen molar-refractivity contribution in [2.45, 2.75) is 39.3 Å². The highest BCUT2D eigenvalue weighted by Crippen LogP contribution is 2.23. The van der Waals surface area contributed by atoms with E-state index in [2.05, 4.69) is 48.1 Å². The third-order valence-electron chi connectivity index (χ3n) is 3.24. The van der Waals surface area contributed by atoms with Gasteiger partial charge in [-0.05, 0) is 26.3 Å². The average Bonchev–Trinajstić information content (AvgIpc) is 2.39. The van der Waals surface area contributed by atoms with Gasteiger partial charge in [-0.3, -0.25) is 0 Å². The number of hydrogen-bond acceptors (Lipinski definition) is 4. The topological polar surface area (TPSA) is 37.4 Å². The quantitative estimate of drug-likeness (QED) is 0.889. The lowest BCUT2D eigenvalue weighted by Crippen LogP contribution is -2.47. The molecular weight excluding hydrogens is 226 g/mol. The van der Waals surface area contributed by atoms with Crippen molar-refractivity contribution in [2.24, 2.45) is 0 Å². The molecule has 18 heavy (non-hydrogen) atoms. The van der Waals surface area contributed by atoms with Crippen LogP contribution in [0.4, 0.5) is 11.5 Å². The first kappa shape index (κ1) is 13.1. The van der Waals surface area contributed by atoms with Crippen molar-refractivity contribution in [1.82, 2.24) is 4.98 Å². The van der Waals surface area contributed by atoms with Crippen LogP contribution in [0.2, 0.25) is 0 Å². The molecule has 1 aliphatic heterocycles. The van der Waals surface area contributed by atoms with E-state index in [0.717, 1.165) is 31.9 Å². The summed E-state index contributed by atoms with van der Waals surface area (Å²) >= 11 is 0. The summed E-state index contributed by atoms with van der Waals surface area (Å²) in [6, 6.07) is 4.62. The van der Waals surface area contributed by atoms with E-state index in [9.17, 15) is 0 Å². The minimum Gasteiger partial charge on any atom is -0.375 e. The van der Waals surface area contributed by atoms with Crippen LogP contribution in [0.5, 0.6) is 0 Å². The molecule has 0 spiro atoms. The van der Waals surface area contributed by atoms with Gasteiger partial charge in [-0.25, -0.2) is 4.98 Å². The Morgan fingerprint density at radius 1 is 1.50 bits per heavy atom. The number of nitrogens with one attached hydrogen (secondary N) is 1. The zero-order chi connectivity index (χ0) is 13.0. The van der Waals surface area contributed by atoms with Gasteiger partial charge in [0.2, 0.25) is 0 Å². The number of anilines is 2. The number of morpholine rings is 1. The number of pyridine rings is 1. The fraction of sp³-hybridized carbons (Fsp3) is 0.643. The van der Waals surface area contributed by atoms with E-state index in [0.29, 0.717) is 12.1 Å². The van der Waals surface area contributed by atoms with Crippen molar-refractivity contribution < 1.29 is 4.74 Å². The third kappa shape index (κ3) is 3.13. The van der Waals surface area contributed by atoms with E-state index in [1.807, 2.05) is 6.20 Å². The van der Waals surface area contributed by atoms with Gasteiger partial charge >= 0.3 is 0 Å². The molecule has 0 amide bonds. The maximum Gasteiger partial charge on any atom is 0.127 e. The van der Waals surface area contributed by atoms with Crippen LogP contribution in [0.3, 0.4) is 0 Å². The van der Waals surface area contributed by atoms with Gasteiger partial charge in [0.05, 0.1) is 12.7 Å². The Labute approximate surface area is 109 Å². The summed E-state index contributed by atoms with van der Waals surface area (Å²) in [5.74, 6) is 0.959. The van der Waals surface area contributed by atoms with Crippen LogP contribution >= 0.6 is 0 Å². The fourth-order valence-electron chi connectivity index (χ4n) is 2.21. The van der Waals surface area contributed by atoms with Crippen LogP contribution in [-0.2, 0) is 4.74 Å². The third-order valence-corrected chi connectivity index (χ3v) is 3.24. The highest BCUT2D eigenvalue weighted by atomic mass is 16.5. The minimum absolute atomic E-state index is 0.293. The Bertz CT molecular complexity index is 383. The van der Waals surface area contributed by atoms with Crippen molar-refractivity contribution in [3.8, 4) is 0 Å². The van der Waals surface area contributed by atoms with Crippen LogP contribution in [0.25, 0.3) is 0 Å². The predicted molar refractivity (Wildman–Crippen MR) is 75.2 cm³/mol. The van der Waals surface area contributed by atoms with E-state index < -0.39 is 0 Å². The maximum absolute atomic E-state index is 5.66. The second-order valence-corrected chi connectivity index (χ2v) is 4.97. The van der Waals surface area contributed by atoms with Crippen molar-refractivity contribution in [3.63, 3.8) is 0 Å². The summed E-state index contributed by atoms with van der Waals surface area (Å²) in [6.45, 7) is 9.18. The normalized spacial score (nSPS) is 24.1. The Morgan fingerprint density at radius 3 is 3.11 bits per heavy atom. The van der Waals surface area contributed by atoms with E-state index in [1.165, 1.54) is 5.69 Å². The first-order chi connectivity index (χ1) is 8.70. The maximum atomic E-state index is 5.66. The summed E-state index contributed by atoms with van der Waals surface area (Å²) in [5, 5.41) is 3.33. The van der Waals surface area contributed by atoms with E-state index in [-0.39, 0.29) is 0 Å². The number of aromatic nitrogens is 1. The second kappa shape index (κ2) is 6.05. The number of nitrogens with zero attached hydrogens (tertiary/aromatic N) is 2. The summed E-state index contributed by atoms with van der Waals surface area (Å²) in [7, 11) is 0. The molecule has 0 radical (unpaired) electrons. The molecule has 1 saturated heterocycles. The Balaban J connectivity index is 2.11. The van der Waals surface area contributed by atoms with Gasteiger partial charge < -0.3 is 15.0 Å². The fourth-order valence-corrected chi connectivity index (χ4v) is 2.21.